The van der Waals surface area contributed by atoms with Crippen LogP contribution < -0.4 is 20.1 Å². The maximum absolute atomic E-state index is 12.6. The second-order valence-corrected chi connectivity index (χ2v) is 7.07. The molecule has 0 saturated carbocycles. The number of urea groups is 1. The molecule has 0 radical (unpaired) electrons. The molecule has 2 aliphatic heterocycles. The van der Waals surface area contributed by atoms with Gasteiger partial charge in [0.2, 0.25) is 12.7 Å². The molecule has 1 aromatic carbocycles. The third-order valence-corrected chi connectivity index (χ3v) is 4.97. The minimum Gasteiger partial charge on any atom is -0.454 e. The summed E-state index contributed by atoms with van der Waals surface area (Å²) in [5, 5.41) is 5.47. The predicted molar refractivity (Wildman–Crippen MR) is 106 cm³/mol. The summed E-state index contributed by atoms with van der Waals surface area (Å²) in [4.78, 5) is 42.3. The number of aromatic nitrogens is 1. The predicted octanol–water partition coefficient (Wildman–Crippen LogP) is 1.37. The van der Waals surface area contributed by atoms with Crippen LogP contribution in [-0.4, -0.2) is 47.1 Å². The summed E-state index contributed by atoms with van der Waals surface area (Å²) in [5.41, 5.74) is 1.66. The van der Waals surface area contributed by atoms with E-state index in [1.807, 2.05) is 18.2 Å². The molecule has 0 aliphatic carbocycles. The highest BCUT2D eigenvalue weighted by atomic mass is 16.7. The first-order chi connectivity index (χ1) is 14.6. The molecule has 2 aromatic rings. The molecule has 156 valence electrons. The average Bonchev–Trinajstić information content (AvgIpc) is 3.32. The fourth-order valence-corrected chi connectivity index (χ4v) is 3.38. The van der Waals surface area contributed by atoms with E-state index in [2.05, 4.69) is 15.6 Å². The van der Waals surface area contributed by atoms with Crippen molar-refractivity contribution in [1.82, 2.24) is 20.5 Å². The largest absolute Gasteiger partial charge is 0.454 e. The van der Waals surface area contributed by atoms with Crippen LogP contribution in [0.3, 0.4) is 0 Å². The standard InChI is InChI=1S/C21H22N4O5/c26-19(23-10-8-15-3-1-2-9-22-15)7-5-16-20(27)25(21(28)24-16)12-14-4-6-17-18(11-14)30-13-29-17/h1-4,6,9,11,16H,5,7-8,10,12-13H2,(H,23,26)(H,24,28)/t16-/m1/s1. The molecule has 1 aromatic heterocycles. The van der Waals surface area contributed by atoms with Gasteiger partial charge in [-0.15, -0.1) is 0 Å². The van der Waals surface area contributed by atoms with Gasteiger partial charge in [-0.2, -0.15) is 0 Å². The summed E-state index contributed by atoms with van der Waals surface area (Å²) in [6.45, 7) is 0.763. The van der Waals surface area contributed by atoms with Gasteiger partial charge in [-0.3, -0.25) is 19.5 Å². The number of carbonyl (C=O) groups excluding carboxylic acids is 3. The van der Waals surface area contributed by atoms with Gasteiger partial charge in [-0.1, -0.05) is 12.1 Å². The molecule has 3 heterocycles. The van der Waals surface area contributed by atoms with Crippen LogP contribution in [0.1, 0.15) is 24.1 Å². The maximum atomic E-state index is 12.6. The minimum atomic E-state index is -0.701. The Labute approximate surface area is 173 Å². The summed E-state index contributed by atoms with van der Waals surface area (Å²) in [6.07, 6.45) is 2.74. The van der Waals surface area contributed by atoms with Gasteiger partial charge in [0, 0.05) is 31.3 Å². The molecule has 0 bridgehead atoms. The molecule has 2 aliphatic rings. The van der Waals surface area contributed by atoms with Crippen molar-refractivity contribution in [1.29, 1.82) is 0 Å². The number of fused-ring (bicyclic) bond motifs is 1. The van der Waals surface area contributed by atoms with Gasteiger partial charge in [0.15, 0.2) is 11.5 Å². The van der Waals surface area contributed by atoms with Crippen molar-refractivity contribution in [2.45, 2.75) is 31.8 Å². The van der Waals surface area contributed by atoms with E-state index >= 15 is 0 Å². The first kappa shape index (κ1) is 19.7. The van der Waals surface area contributed by atoms with Crippen LogP contribution in [0.4, 0.5) is 4.79 Å². The van der Waals surface area contributed by atoms with E-state index in [9.17, 15) is 14.4 Å². The van der Waals surface area contributed by atoms with Crippen molar-refractivity contribution in [2.75, 3.05) is 13.3 Å². The van der Waals surface area contributed by atoms with E-state index in [1.54, 1.807) is 24.4 Å². The highest BCUT2D eigenvalue weighted by molar-refractivity contribution is 6.04. The molecule has 30 heavy (non-hydrogen) atoms. The highest BCUT2D eigenvalue weighted by Gasteiger charge is 2.38. The summed E-state index contributed by atoms with van der Waals surface area (Å²) in [5.74, 6) is 0.738. The minimum absolute atomic E-state index is 0.133. The lowest BCUT2D eigenvalue weighted by atomic mass is 10.1. The second kappa shape index (κ2) is 8.81. The average molecular weight is 410 g/mol. The monoisotopic (exact) mass is 410 g/mol. The lowest BCUT2D eigenvalue weighted by Gasteiger charge is -2.13. The quantitative estimate of drug-likeness (QED) is 0.636. The second-order valence-electron chi connectivity index (χ2n) is 7.07. The van der Waals surface area contributed by atoms with Crippen LogP contribution in [0.2, 0.25) is 0 Å². The highest BCUT2D eigenvalue weighted by Crippen LogP contribution is 2.33. The molecule has 9 nitrogen and oxygen atoms in total. The Kier molecular flexibility index (Phi) is 5.78. The molecule has 1 saturated heterocycles. The number of hydrogen-bond donors (Lipinski definition) is 2. The number of hydrogen-bond acceptors (Lipinski definition) is 6. The van der Waals surface area contributed by atoms with Crippen LogP contribution in [0.25, 0.3) is 0 Å². The number of benzene rings is 1. The van der Waals surface area contributed by atoms with Crippen LogP contribution in [0.15, 0.2) is 42.6 Å². The van der Waals surface area contributed by atoms with Crippen molar-refractivity contribution in [3.63, 3.8) is 0 Å². The van der Waals surface area contributed by atoms with Crippen molar-refractivity contribution in [2.24, 2.45) is 0 Å². The van der Waals surface area contributed by atoms with Crippen molar-refractivity contribution >= 4 is 17.8 Å². The number of imide groups is 1. The first-order valence-electron chi connectivity index (χ1n) is 9.77. The Balaban J connectivity index is 1.24. The molecule has 0 unspecified atom stereocenters. The van der Waals surface area contributed by atoms with E-state index < -0.39 is 12.1 Å². The number of carbonyl (C=O) groups is 3. The van der Waals surface area contributed by atoms with Crippen molar-refractivity contribution in [3.05, 3.63) is 53.9 Å². The van der Waals surface area contributed by atoms with Crippen LogP contribution in [-0.2, 0) is 22.6 Å². The normalized spacial score (nSPS) is 17.2. The number of nitrogens with one attached hydrogen (secondary N) is 2. The van der Waals surface area contributed by atoms with Gasteiger partial charge < -0.3 is 20.1 Å². The summed E-state index contributed by atoms with van der Waals surface area (Å²) >= 11 is 0. The molecule has 4 amide bonds. The van der Waals surface area contributed by atoms with Crippen LogP contribution in [0, 0.1) is 0 Å². The molecular formula is C21H22N4O5. The van der Waals surface area contributed by atoms with Gasteiger partial charge in [0.25, 0.3) is 5.91 Å². The molecule has 1 fully saturated rings. The lowest BCUT2D eigenvalue weighted by molar-refractivity contribution is -0.128. The maximum Gasteiger partial charge on any atom is 0.325 e. The molecule has 4 rings (SSSR count). The molecular weight excluding hydrogens is 388 g/mol. The van der Waals surface area contributed by atoms with E-state index in [0.717, 1.165) is 16.2 Å². The fourth-order valence-electron chi connectivity index (χ4n) is 3.38. The topological polar surface area (TPSA) is 110 Å². The molecule has 2 N–H and O–H groups in total. The smallest absolute Gasteiger partial charge is 0.325 e. The number of pyridine rings is 1. The Morgan fingerprint density at radius 1 is 1.20 bits per heavy atom. The van der Waals surface area contributed by atoms with Gasteiger partial charge in [0.05, 0.1) is 6.54 Å². The Bertz CT molecular complexity index is 950. The first-order valence-corrected chi connectivity index (χ1v) is 9.77. The summed E-state index contributed by atoms with van der Waals surface area (Å²) in [6, 6.07) is 9.77. The van der Waals surface area contributed by atoms with Crippen LogP contribution in [0.5, 0.6) is 11.5 Å². The molecule has 0 spiro atoms. The van der Waals surface area contributed by atoms with E-state index in [1.165, 1.54) is 0 Å². The Morgan fingerprint density at radius 2 is 2.07 bits per heavy atom. The van der Waals surface area contributed by atoms with Gasteiger partial charge in [-0.05, 0) is 36.2 Å². The Hall–Kier alpha value is -3.62. The number of ether oxygens (including phenoxy) is 2. The van der Waals surface area contributed by atoms with Gasteiger partial charge in [0.1, 0.15) is 6.04 Å². The van der Waals surface area contributed by atoms with Crippen molar-refractivity contribution < 1.29 is 23.9 Å². The zero-order valence-electron chi connectivity index (χ0n) is 16.3. The SMILES string of the molecule is O=C(CC[C@H]1NC(=O)N(Cc2ccc3c(c2)OCO3)C1=O)NCCc1ccccn1. The number of nitrogens with zero attached hydrogens (tertiary/aromatic N) is 2. The van der Waals surface area contributed by atoms with E-state index in [-0.39, 0.29) is 38.0 Å². The summed E-state index contributed by atoms with van der Waals surface area (Å²) < 4.78 is 10.6. The zero-order chi connectivity index (χ0) is 20.9. The number of amides is 4. The Morgan fingerprint density at radius 3 is 2.90 bits per heavy atom. The van der Waals surface area contributed by atoms with Crippen molar-refractivity contribution in [3.8, 4) is 11.5 Å². The zero-order valence-corrected chi connectivity index (χ0v) is 16.3. The lowest BCUT2D eigenvalue weighted by Crippen LogP contribution is -2.33. The van der Waals surface area contributed by atoms with E-state index in [0.29, 0.717) is 24.5 Å². The summed E-state index contributed by atoms with van der Waals surface area (Å²) in [7, 11) is 0. The number of rotatable bonds is 8. The molecule has 1 atom stereocenters. The third kappa shape index (κ3) is 4.51. The van der Waals surface area contributed by atoms with Gasteiger partial charge in [-0.25, -0.2) is 4.79 Å². The molecule has 9 heteroatoms. The van der Waals surface area contributed by atoms with E-state index in [4.69, 9.17) is 9.47 Å². The fraction of sp³-hybridized carbons (Fsp3) is 0.333. The van der Waals surface area contributed by atoms with Crippen LogP contribution >= 0.6 is 0 Å². The third-order valence-electron chi connectivity index (χ3n) is 4.97. The van der Waals surface area contributed by atoms with Gasteiger partial charge >= 0.3 is 6.03 Å².